The van der Waals surface area contributed by atoms with Crippen molar-refractivity contribution in [2.45, 2.75) is 6.42 Å². The standard InChI is InChI=1S/C12H9BrN2O.ClH/c13-10-3-1-2-9-8(7-16-12(9)10)6-11-14-4-5-15-11;/h1-5,7H,6H2,(H,14,15);1H. The molecule has 2 aromatic heterocycles. The molecule has 0 aliphatic heterocycles. The average molecular weight is 314 g/mol. The minimum Gasteiger partial charge on any atom is -0.463 e. The molecule has 0 saturated heterocycles. The first kappa shape index (κ1) is 12.2. The highest BCUT2D eigenvalue weighted by Crippen LogP contribution is 2.28. The van der Waals surface area contributed by atoms with E-state index < -0.39 is 0 Å². The van der Waals surface area contributed by atoms with Crippen LogP contribution in [0.15, 0.2) is 45.7 Å². The molecule has 3 nitrogen and oxygen atoms in total. The number of nitrogens with zero attached hydrogens (tertiary/aromatic N) is 1. The van der Waals surface area contributed by atoms with E-state index in [4.69, 9.17) is 4.42 Å². The highest BCUT2D eigenvalue weighted by atomic mass is 79.9. The van der Waals surface area contributed by atoms with Gasteiger partial charge in [0.05, 0.1) is 10.7 Å². The lowest BCUT2D eigenvalue weighted by atomic mass is 10.1. The number of hydrogen-bond acceptors (Lipinski definition) is 2. The third kappa shape index (κ3) is 2.23. The lowest BCUT2D eigenvalue weighted by molar-refractivity contribution is 0.609. The molecule has 2 heterocycles. The van der Waals surface area contributed by atoms with Crippen LogP contribution in [0.25, 0.3) is 11.0 Å². The summed E-state index contributed by atoms with van der Waals surface area (Å²) in [6.07, 6.45) is 6.13. The number of halogens is 2. The molecule has 0 atom stereocenters. The molecule has 0 saturated carbocycles. The fourth-order valence-electron chi connectivity index (χ4n) is 1.79. The molecule has 0 radical (unpaired) electrons. The van der Waals surface area contributed by atoms with Gasteiger partial charge in [-0.05, 0) is 22.0 Å². The normalized spacial score (nSPS) is 10.4. The van der Waals surface area contributed by atoms with Crippen LogP contribution in [0, 0.1) is 0 Å². The van der Waals surface area contributed by atoms with Crippen molar-refractivity contribution in [3.63, 3.8) is 0 Å². The Labute approximate surface area is 113 Å². The Hall–Kier alpha value is -1.26. The summed E-state index contributed by atoms with van der Waals surface area (Å²) in [6.45, 7) is 0. The quantitative estimate of drug-likeness (QED) is 0.779. The maximum atomic E-state index is 5.54. The van der Waals surface area contributed by atoms with Gasteiger partial charge in [-0.25, -0.2) is 4.98 Å². The lowest BCUT2D eigenvalue weighted by Crippen LogP contribution is -1.88. The van der Waals surface area contributed by atoms with Crippen LogP contribution in [0.3, 0.4) is 0 Å². The second kappa shape index (κ2) is 4.94. The van der Waals surface area contributed by atoms with Gasteiger partial charge in [-0.1, -0.05) is 12.1 Å². The summed E-state index contributed by atoms with van der Waals surface area (Å²) in [5.41, 5.74) is 2.04. The number of aromatic nitrogens is 2. The zero-order chi connectivity index (χ0) is 11.0. The van der Waals surface area contributed by atoms with Crippen LogP contribution in [-0.4, -0.2) is 9.97 Å². The molecule has 0 bridgehead atoms. The van der Waals surface area contributed by atoms with Gasteiger partial charge in [0.25, 0.3) is 0 Å². The Morgan fingerprint density at radius 2 is 2.24 bits per heavy atom. The molecule has 5 heteroatoms. The van der Waals surface area contributed by atoms with Gasteiger partial charge in [-0.3, -0.25) is 0 Å². The van der Waals surface area contributed by atoms with Crippen molar-refractivity contribution in [1.82, 2.24) is 9.97 Å². The van der Waals surface area contributed by atoms with Crippen LogP contribution in [-0.2, 0) is 6.42 Å². The predicted molar refractivity (Wildman–Crippen MR) is 72.6 cm³/mol. The van der Waals surface area contributed by atoms with Crippen LogP contribution in [0.4, 0.5) is 0 Å². The Balaban J connectivity index is 0.00000108. The summed E-state index contributed by atoms with van der Waals surface area (Å²) >= 11 is 3.47. The minimum absolute atomic E-state index is 0. The number of benzene rings is 1. The molecular formula is C12H10BrClN2O. The number of imidazole rings is 1. The van der Waals surface area contributed by atoms with Gasteiger partial charge in [0.2, 0.25) is 0 Å². The van der Waals surface area contributed by atoms with Crippen molar-refractivity contribution in [3.05, 3.63) is 52.7 Å². The highest BCUT2D eigenvalue weighted by molar-refractivity contribution is 9.10. The molecule has 3 aromatic rings. The summed E-state index contributed by atoms with van der Waals surface area (Å²) in [5.74, 6) is 0.947. The third-order valence-corrected chi connectivity index (χ3v) is 3.17. The number of aromatic amines is 1. The number of furan rings is 1. The number of fused-ring (bicyclic) bond motifs is 1. The topological polar surface area (TPSA) is 41.8 Å². The van der Waals surface area contributed by atoms with Gasteiger partial charge in [0, 0.05) is 29.8 Å². The molecule has 0 unspecified atom stereocenters. The second-order valence-corrected chi connectivity index (χ2v) is 4.44. The van der Waals surface area contributed by atoms with E-state index in [2.05, 4.69) is 32.0 Å². The average Bonchev–Trinajstić information content (AvgIpc) is 2.90. The fourth-order valence-corrected chi connectivity index (χ4v) is 2.25. The van der Waals surface area contributed by atoms with Crippen LogP contribution >= 0.6 is 28.3 Å². The molecule has 0 aliphatic carbocycles. The molecule has 0 aliphatic rings. The molecule has 1 N–H and O–H groups in total. The number of para-hydroxylation sites is 1. The van der Waals surface area contributed by atoms with Gasteiger partial charge in [0.1, 0.15) is 11.4 Å². The monoisotopic (exact) mass is 312 g/mol. The van der Waals surface area contributed by atoms with E-state index in [1.54, 1.807) is 12.5 Å². The maximum absolute atomic E-state index is 5.54. The van der Waals surface area contributed by atoms with E-state index in [-0.39, 0.29) is 12.4 Å². The van der Waals surface area contributed by atoms with Crippen LogP contribution in [0.2, 0.25) is 0 Å². The van der Waals surface area contributed by atoms with Crippen molar-refractivity contribution in [1.29, 1.82) is 0 Å². The van der Waals surface area contributed by atoms with Gasteiger partial charge in [-0.15, -0.1) is 12.4 Å². The number of rotatable bonds is 2. The summed E-state index contributed by atoms with van der Waals surface area (Å²) in [4.78, 5) is 7.30. The third-order valence-electron chi connectivity index (χ3n) is 2.54. The molecular weight excluding hydrogens is 304 g/mol. The van der Waals surface area contributed by atoms with E-state index in [1.165, 1.54) is 0 Å². The van der Waals surface area contributed by atoms with E-state index in [9.17, 15) is 0 Å². The first-order valence-corrected chi connectivity index (χ1v) is 5.77. The van der Waals surface area contributed by atoms with Gasteiger partial charge in [-0.2, -0.15) is 0 Å². The van der Waals surface area contributed by atoms with Gasteiger partial charge < -0.3 is 9.40 Å². The first-order valence-electron chi connectivity index (χ1n) is 4.97. The Bertz CT molecular complexity index is 619. The zero-order valence-corrected chi connectivity index (χ0v) is 11.2. The maximum Gasteiger partial charge on any atom is 0.148 e. The molecule has 1 aromatic carbocycles. The molecule has 0 amide bonds. The molecule has 0 spiro atoms. The van der Waals surface area contributed by atoms with Crippen molar-refractivity contribution in [3.8, 4) is 0 Å². The van der Waals surface area contributed by atoms with E-state index in [0.29, 0.717) is 0 Å². The van der Waals surface area contributed by atoms with Crippen molar-refractivity contribution in [2.75, 3.05) is 0 Å². The van der Waals surface area contributed by atoms with Crippen molar-refractivity contribution in [2.24, 2.45) is 0 Å². The fraction of sp³-hybridized carbons (Fsp3) is 0.0833. The van der Waals surface area contributed by atoms with Crippen LogP contribution in [0.1, 0.15) is 11.4 Å². The molecule has 88 valence electrons. The number of nitrogens with one attached hydrogen (secondary N) is 1. The molecule has 17 heavy (non-hydrogen) atoms. The number of H-pyrrole nitrogens is 1. The van der Waals surface area contributed by atoms with E-state index in [0.717, 1.165) is 33.3 Å². The summed E-state index contributed by atoms with van der Waals surface area (Å²) in [5, 5.41) is 1.13. The number of hydrogen-bond donors (Lipinski definition) is 1. The van der Waals surface area contributed by atoms with Crippen LogP contribution in [0.5, 0.6) is 0 Å². The molecule has 0 fully saturated rings. The minimum atomic E-state index is 0. The predicted octanol–water partition coefficient (Wildman–Crippen LogP) is 3.93. The molecule has 3 rings (SSSR count). The Morgan fingerprint density at radius 3 is 3.00 bits per heavy atom. The van der Waals surface area contributed by atoms with Gasteiger partial charge in [0.15, 0.2) is 0 Å². The van der Waals surface area contributed by atoms with E-state index in [1.807, 2.05) is 18.3 Å². The zero-order valence-electron chi connectivity index (χ0n) is 8.81. The summed E-state index contributed by atoms with van der Waals surface area (Å²) in [7, 11) is 0. The largest absolute Gasteiger partial charge is 0.463 e. The van der Waals surface area contributed by atoms with Gasteiger partial charge >= 0.3 is 0 Å². The van der Waals surface area contributed by atoms with E-state index >= 15 is 0 Å². The Morgan fingerprint density at radius 1 is 1.35 bits per heavy atom. The summed E-state index contributed by atoms with van der Waals surface area (Å²) in [6, 6.07) is 6.04. The lowest BCUT2D eigenvalue weighted by Gasteiger charge is -1.95. The van der Waals surface area contributed by atoms with Crippen molar-refractivity contribution < 1.29 is 4.42 Å². The SMILES string of the molecule is Brc1cccc2c(Cc3ncc[nH]3)coc12.Cl. The smallest absolute Gasteiger partial charge is 0.148 e. The Kier molecular flexibility index (Phi) is 3.54. The first-order chi connectivity index (χ1) is 7.84. The summed E-state index contributed by atoms with van der Waals surface area (Å²) < 4.78 is 6.52. The second-order valence-electron chi connectivity index (χ2n) is 3.59. The van der Waals surface area contributed by atoms with Crippen molar-refractivity contribution >= 4 is 39.3 Å². The highest BCUT2D eigenvalue weighted by Gasteiger charge is 2.09. The van der Waals surface area contributed by atoms with Crippen LogP contribution < -0.4 is 0 Å².